The molecule has 0 N–H and O–H groups in total. The quantitative estimate of drug-likeness (QED) is 0.0349. The molecular formula is C48H92O6. The lowest BCUT2D eigenvalue weighted by Crippen LogP contribution is -2.30. The fourth-order valence-corrected chi connectivity index (χ4v) is 7.16. The Labute approximate surface area is 336 Å². The van der Waals surface area contributed by atoms with Crippen molar-refractivity contribution in [2.75, 3.05) is 13.2 Å². The molecule has 0 aromatic rings. The van der Waals surface area contributed by atoms with Crippen molar-refractivity contribution in [2.45, 2.75) is 271 Å². The molecule has 0 amide bonds. The first-order valence-corrected chi connectivity index (χ1v) is 23.9. The SMILES string of the molecule is CCCCCCCCCCCCCCCCC(=O)OC[C@H](COC(=O)CCCCCCCCCCCCC(C)C)OC(=O)CCCCCCCCCCC. The zero-order valence-corrected chi connectivity index (χ0v) is 36.7. The molecule has 0 unspecified atom stereocenters. The Morgan fingerprint density at radius 1 is 0.352 bits per heavy atom. The summed E-state index contributed by atoms with van der Waals surface area (Å²) in [5.41, 5.74) is 0. The number of rotatable bonds is 43. The van der Waals surface area contributed by atoms with E-state index in [1.807, 2.05) is 0 Å². The van der Waals surface area contributed by atoms with Gasteiger partial charge in [0.25, 0.3) is 0 Å². The van der Waals surface area contributed by atoms with Gasteiger partial charge in [-0.3, -0.25) is 14.4 Å². The van der Waals surface area contributed by atoms with E-state index in [-0.39, 0.29) is 31.1 Å². The van der Waals surface area contributed by atoms with Crippen LogP contribution in [0.1, 0.15) is 265 Å². The van der Waals surface area contributed by atoms with Crippen LogP contribution >= 0.6 is 0 Å². The monoisotopic (exact) mass is 765 g/mol. The van der Waals surface area contributed by atoms with Crippen LogP contribution in [0.25, 0.3) is 0 Å². The number of ether oxygens (including phenoxy) is 3. The van der Waals surface area contributed by atoms with Gasteiger partial charge in [0.05, 0.1) is 0 Å². The summed E-state index contributed by atoms with van der Waals surface area (Å²) < 4.78 is 16.7. The van der Waals surface area contributed by atoms with E-state index in [4.69, 9.17) is 14.2 Å². The summed E-state index contributed by atoms with van der Waals surface area (Å²) in [4.78, 5) is 37.7. The van der Waals surface area contributed by atoms with Gasteiger partial charge in [-0.2, -0.15) is 0 Å². The van der Waals surface area contributed by atoms with Crippen LogP contribution in [0.2, 0.25) is 0 Å². The normalized spacial score (nSPS) is 11.9. The average Bonchev–Trinajstić information content (AvgIpc) is 3.15. The highest BCUT2D eigenvalue weighted by Gasteiger charge is 2.19. The Morgan fingerprint density at radius 3 is 0.907 bits per heavy atom. The molecule has 0 fully saturated rings. The van der Waals surface area contributed by atoms with Gasteiger partial charge in [0.15, 0.2) is 6.10 Å². The van der Waals surface area contributed by atoms with Crippen molar-refractivity contribution >= 4 is 17.9 Å². The number of carbonyl (C=O) groups excluding carboxylic acids is 3. The van der Waals surface area contributed by atoms with E-state index in [9.17, 15) is 14.4 Å². The van der Waals surface area contributed by atoms with Gasteiger partial charge in [-0.05, 0) is 25.2 Å². The third-order valence-electron chi connectivity index (χ3n) is 10.8. The molecule has 0 heterocycles. The van der Waals surface area contributed by atoms with Gasteiger partial charge in [0.2, 0.25) is 0 Å². The van der Waals surface area contributed by atoms with Crippen LogP contribution in [0.4, 0.5) is 0 Å². The topological polar surface area (TPSA) is 78.9 Å². The maximum Gasteiger partial charge on any atom is 0.306 e. The summed E-state index contributed by atoms with van der Waals surface area (Å²) in [6.45, 7) is 8.98. The van der Waals surface area contributed by atoms with Gasteiger partial charge < -0.3 is 14.2 Å². The van der Waals surface area contributed by atoms with Crippen molar-refractivity contribution in [1.29, 1.82) is 0 Å². The molecule has 0 aliphatic heterocycles. The predicted molar refractivity (Wildman–Crippen MR) is 229 cm³/mol. The number of carbonyl (C=O) groups is 3. The molecule has 6 nitrogen and oxygen atoms in total. The van der Waals surface area contributed by atoms with Crippen LogP contribution in [-0.4, -0.2) is 37.2 Å². The molecule has 1 atom stereocenters. The van der Waals surface area contributed by atoms with Crippen LogP contribution in [-0.2, 0) is 28.6 Å². The highest BCUT2D eigenvalue weighted by atomic mass is 16.6. The van der Waals surface area contributed by atoms with Gasteiger partial charge in [-0.25, -0.2) is 0 Å². The minimum Gasteiger partial charge on any atom is -0.462 e. The molecule has 0 bridgehead atoms. The van der Waals surface area contributed by atoms with Crippen molar-refractivity contribution in [3.8, 4) is 0 Å². The number of hydrogen-bond acceptors (Lipinski definition) is 6. The van der Waals surface area contributed by atoms with E-state index in [0.29, 0.717) is 19.3 Å². The van der Waals surface area contributed by atoms with Crippen LogP contribution < -0.4 is 0 Å². The summed E-state index contributed by atoms with van der Waals surface area (Å²) in [6.07, 6.45) is 42.3. The Kier molecular flexibility index (Phi) is 41.3. The fourth-order valence-electron chi connectivity index (χ4n) is 7.16. The summed E-state index contributed by atoms with van der Waals surface area (Å²) in [6, 6.07) is 0. The summed E-state index contributed by atoms with van der Waals surface area (Å²) in [7, 11) is 0. The molecule has 0 saturated carbocycles. The molecule has 0 aromatic heterocycles. The molecule has 0 aromatic carbocycles. The van der Waals surface area contributed by atoms with Crippen LogP contribution in [0.5, 0.6) is 0 Å². The Balaban J connectivity index is 4.28. The molecular weight excluding hydrogens is 673 g/mol. The standard InChI is InChI=1S/C48H92O6/c1-5-7-9-11-13-15-16-17-18-19-24-27-31-35-39-46(49)52-42-45(54-48(51)41-37-33-29-22-14-12-10-8-6-2)43-53-47(50)40-36-32-28-25-21-20-23-26-30-34-38-44(3)4/h44-45H,5-43H2,1-4H3/t45-/m1/s1. The van der Waals surface area contributed by atoms with E-state index < -0.39 is 6.10 Å². The van der Waals surface area contributed by atoms with Crippen molar-refractivity contribution in [3.05, 3.63) is 0 Å². The van der Waals surface area contributed by atoms with E-state index in [0.717, 1.165) is 63.7 Å². The lowest BCUT2D eigenvalue weighted by atomic mass is 10.0. The summed E-state index contributed by atoms with van der Waals surface area (Å²) in [5, 5.41) is 0. The molecule has 0 radical (unpaired) electrons. The second kappa shape index (κ2) is 42.6. The minimum atomic E-state index is -0.759. The first-order valence-electron chi connectivity index (χ1n) is 23.9. The number of esters is 3. The molecule has 320 valence electrons. The second-order valence-electron chi connectivity index (χ2n) is 16.9. The van der Waals surface area contributed by atoms with Gasteiger partial charge in [0.1, 0.15) is 13.2 Å². The van der Waals surface area contributed by atoms with Gasteiger partial charge in [-0.15, -0.1) is 0 Å². The highest BCUT2D eigenvalue weighted by molar-refractivity contribution is 5.71. The Bertz CT molecular complexity index is 811. The van der Waals surface area contributed by atoms with Crippen molar-refractivity contribution in [3.63, 3.8) is 0 Å². The van der Waals surface area contributed by atoms with Crippen LogP contribution in [0, 0.1) is 5.92 Å². The van der Waals surface area contributed by atoms with Gasteiger partial charge in [0, 0.05) is 19.3 Å². The zero-order valence-electron chi connectivity index (χ0n) is 36.7. The summed E-state index contributed by atoms with van der Waals surface area (Å²) in [5.74, 6) is -0.0346. The largest absolute Gasteiger partial charge is 0.462 e. The average molecular weight is 765 g/mol. The molecule has 54 heavy (non-hydrogen) atoms. The smallest absolute Gasteiger partial charge is 0.306 e. The lowest BCUT2D eigenvalue weighted by Gasteiger charge is -2.18. The van der Waals surface area contributed by atoms with Crippen molar-refractivity contribution < 1.29 is 28.6 Å². The molecule has 6 heteroatoms. The minimum absolute atomic E-state index is 0.0635. The molecule has 0 saturated heterocycles. The Morgan fingerprint density at radius 2 is 0.611 bits per heavy atom. The molecule has 0 spiro atoms. The Hall–Kier alpha value is -1.59. The lowest BCUT2D eigenvalue weighted by molar-refractivity contribution is -0.167. The van der Waals surface area contributed by atoms with Crippen molar-refractivity contribution in [1.82, 2.24) is 0 Å². The van der Waals surface area contributed by atoms with E-state index in [1.165, 1.54) is 161 Å². The number of unbranched alkanes of at least 4 members (excludes halogenated alkanes) is 30. The first kappa shape index (κ1) is 52.4. The highest BCUT2D eigenvalue weighted by Crippen LogP contribution is 2.16. The molecule has 0 rings (SSSR count). The van der Waals surface area contributed by atoms with E-state index in [2.05, 4.69) is 27.7 Å². The second-order valence-corrected chi connectivity index (χ2v) is 16.9. The van der Waals surface area contributed by atoms with E-state index in [1.54, 1.807) is 0 Å². The predicted octanol–water partition coefficient (Wildman–Crippen LogP) is 15.1. The van der Waals surface area contributed by atoms with Crippen LogP contribution in [0.3, 0.4) is 0 Å². The third kappa shape index (κ3) is 41.6. The maximum atomic E-state index is 12.7. The zero-order chi connectivity index (χ0) is 39.6. The fraction of sp³-hybridized carbons (Fsp3) is 0.938. The third-order valence-corrected chi connectivity index (χ3v) is 10.8. The van der Waals surface area contributed by atoms with Gasteiger partial charge >= 0.3 is 17.9 Å². The first-order chi connectivity index (χ1) is 26.4. The van der Waals surface area contributed by atoms with Crippen molar-refractivity contribution in [2.24, 2.45) is 5.92 Å². The maximum absolute atomic E-state index is 12.7. The van der Waals surface area contributed by atoms with Crippen LogP contribution in [0.15, 0.2) is 0 Å². The van der Waals surface area contributed by atoms with E-state index >= 15 is 0 Å². The summed E-state index contributed by atoms with van der Waals surface area (Å²) >= 11 is 0. The van der Waals surface area contributed by atoms with Gasteiger partial charge in [-0.1, -0.05) is 227 Å². The molecule has 0 aliphatic rings. The molecule has 0 aliphatic carbocycles. The number of hydrogen-bond donors (Lipinski definition) is 0.